The van der Waals surface area contributed by atoms with Crippen molar-refractivity contribution in [2.24, 2.45) is 11.3 Å². The van der Waals surface area contributed by atoms with E-state index in [2.05, 4.69) is 0 Å². The number of ether oxygens (including phenoxy) is 1. The van der Waals surface area contributed by atoms with Crippen molar-refractivity contribution < 1.29 is 19.4 Å². The highest BCUT2D eigenvalue weighted by Gasteiger charge is 2.60. The van der Waals surface area contributed by atoms with E-state index in [4.69, 9.17) is 4.74 Å². The van der Waals surface area contributed by atoms with E-state index in [1.54, 1.807) is 12.1 Å². The number of benzene rings is 1. The van der Waals surface area contributed by atoms with Gasteiger partial charge < -0.3 is 14.7 Å². The monoisotopic (exact) mass is 343 g/mol. The molecule has 1 N–H and O–H groups in total. The standard InChI is InChI=1S/C20H25NO4/c22-17(16-14-19(16)8-4-5-9-19)21-12-10-20(11-13-21,18(23)24)25-15-6-2-1-3-7-15/h1-3,6-7,16H,4-5,8-14H2,(H,23,24)/t16-/m0/s1. The minimum atomic E-state index is -1.23. The lowest BCUT2D eigenvalue weighted by molar-refractivity contribution is -0.162. The van der Waals surface area contributed by atoms with Gasteiger partial charge in [0.1, 0.15) is 5.75 Å². The zero-order chi connectivity index (χ0) is 17.5. The van der Waals surface area contributed by atoms with Gasteiger partial charge in [0, 0.05) is 31.8 Å². The van der Waals surface area contributed by atoms with Crippen LogP contribution in [0.1, 0.15) is 44.9 Å². The number of carboxylic acids is 1. The lowest BCUT2D eigenvalue weighted by Gasteiger charge is -2.39. The van der Waals surface area contributed by atoms with E-state index in [0.717, 1.165) is 6.42 Å². The number of carbonyl (C=O) groups excluding carboxylic acids is 1. The van der Waals surface area contributed by atoms with E-state index in [1.807, 2.05) is 23.1 Å². The molecular formula is C20H25NO4. The molecule has 1 atom stereocenters. The number of carboxylic acid groups (broad SMARTS) is 1. The van der Waals surface area contributed by atoms with E-state index in [9.17, 15) is 14.7 Å². The number of nitrogens with zero attached hydrogens (tertiary/aromatic N) is 1. The summed E-state index contributed by atoms with van der Waals surface area (Å²) in [6.45, 7) is 0.926. The van der Waals surface area contributed by atoms with Crippen LogP contribution in [0.5, 0.6) is 5.75 Å². The Morgan fingerprint density at radius 2 is 1.68 bits per heavy atom. The number of carbonyl (C=O) groups is 2. The van der Waals surface area contributed by atoms with Crippen LogP contribution < -0.4 is 4.74 Å². The van der Waals surface area contributed by atoms with Crippen LogP contribution in [0.15, 0.2) is 30.3 Å². The smallest absolute Gasteiger partial charge is 0.348 e. The van der Waals surface area contributed by atoms with E-state index < -0.39 is 11.6 Å². The number of hydrogen-bond donors (Lipinski definition) is 1. The quantitative estimate of drug-likeness (QED) is 0.912. The molecule has 25 heavy (non-hydrogen) atoms. The average Bonchev–Trinajstić information content (AvgIpc) is 3.12. The van der Waals surface area contributed by atoms with Crippen molar-refractivity contribution in [2.45, 2.75) is 50.5 Å². The van der Waals surface area contributed by atoms with Gasteiger partial charge >= 0.3 is 5.97 Å². The van der Waals surface area contributed by atoms with Gasteiger partial charge in [-0.15, -0.1) is 0 Å². The molecule has 5 nitrogen and oxygen atoms in total. The van der Waals surface area contributed by atoms with Gasteiger partial charge in [-0.25, -0.2) is 4.79 Å². The number of aliphatic carboxylic acids is 1. The molecule has 1 saturated heterocycles. The minimum absolute atomic E-state index is 0.183. The summed E-state index contributed by atoms with van der Waals surface area (Å²) in [4.78, 5) is 26.5. The molecule has 134 valence electrons. The van der Waals surface area contributed by atoms with Crippen LogP contribution in [0.25, 0.3) is 0 Å². The molecule has 5 heteroatoms. The normalized spacial score (nSPS) is 26.4. The van der Waals surface area contributed by atoms with Crippen LogP contribution in [-0.4, -0.2) is 40.6 Å². The van der Waals surface area contributed by atoms with E-state index in [0.29, 0.717) is 37.1 Å². The first kappa shape index (κ1) is 16.4. The maximum absolute atomic E-state index is 12.8. The fraction of sp³-hybridized carbons (Fsp3) is 0.600. The van der Waals surface area contributed by atoms with Gasteiger partial charge in [-0.05, 0) is 36.8 Å². The van der Waals surface area contributed by atoms with Gasteiger partial charge in [-0.3, -0.25) is 4.79 Å². The molecule has 1 aromatic carbocycles. The maximum Gasteiger partial charge on any atom is 0.348 e. The topological polar surface area (TPSA) is 66.8 Å². The Morgan fingerprint density at radius 3 is 2.28 bits per heavy atom. The third-order valence-electron chi connectivity index (χ3n) is 6.42. The number of rotatable bonds is 4. The van der Waals surface area contributed by atoms with Crippen LogP contribution in [0.2, 0.25) is 0 Å². The maximum atomic E-state index is 12.8. The molecule has 0 aromatic heterocycles. The lowest BCUT2D eigenvalue weighted by atomic mass is 9.90. The molecule has 1 aromatic rings. The highest BCUT2D eigenvalue weighted by Crippen LogP contribution is 2.63. The molecule has 1 heterocycles. The van der Waals surface area contributed by atoms with Crippen molar-refractivity contribution >= 4 is 11.9 Å². The van der Waals surface area contributed by atoms with E-state index >= 15 is 0 Å². The van der Waals surface area contributed by atoms with Gasteiger partial charge in [0.15, 0.2) is 0 Å². The van der Waals surface area contributed by atoms with Gasteiger partial charge in [-0.2, -0.15) is 0 Å². The number of para-hydroxylation sites is 1. The Bertz CT molecular complexity index is 658. The van der Waals surface area contributed by atoms with E-state index in [-0.39, 0.29) is 11.8 Å². The Balaban J connectivity index is 1.40. The predicted molar refractivity (Wildman–Crippen MR) is 92.3 cm³/mol. The summed E-state index contributed by atoms with van der Waals surface area (Å²) in [5.74, 6) is 0.0434. The van der Waals surface area contributed by atoms with Crippen molar-refractivity contribution in [2.75, 3.05) is 13.1 Å². The van der Waals surface area contributed by atoms with Crippen molar-refractivity contribution in [1.82, 2.24) is 4.90 Å². The van der Waals surface area contributed by atoms with Crippen LogP contribution in [0.3, 0.4) is 0 Å². The molecule has 2 aliphatic carbocycles. The molecule has 0 radical (unpaired) electrons. The first-order valence-corrected chi connectivity index (χ1v) is 9.31. The van der Waals surface area contributed by atoms with Crippen molar-refractivity contribution in [3.8, 4) is 5.75 Å². The van der Waals surface area contributed by atoms with Crippen LogP contribution in [0.4, 0.5) is 0 Å². The Kier molecular flexibility index (Phi) is 3.97. The first-order valence-electron chi connectivity index (χ1n) is 9.31. The molecule has 3 fully saturated rings. The zero-order valence-corrected chi connectivity index (χ0v) is 14.4. The van der Waals surface area contributed by atoms with Gasteiger partial charge in [0.05, 0.1) is 0 Å². The average molecular weight is 343 g/mol. The third-order valence-corrected chi connectivity index (χ3v) is 6.42. The fourth-order valence-electron chi connectivity index (χ4n) is 4.71. The molecular weight excluding hydrogens is 318 g/mol. The summed E-state index contributed by atoms with van der Waals surface area (Å²) in [7, 11) is 0. The first-order chi connectivity index (χ1) is 12.0. The molecule has 0 unspecified atom stereocenters. The SMILES string of the molecule is O=C([C@@H]1CC12CCCC2)N1CCC(Oc2ccccc2)(C(=O)O)CC1. The van der Waals surface area contributed by atoms with Crippen molar-refractivity contribution in [1.29, 1.82) is 0 Å². The predicted octanol–water partition coefficient (Wildman–Crippen LogP) is 3.09. The van der Waals surface area contributed by atoms with E-state index in [1.165, 1.54) is 25.7 Å². The summed E-state index contributed by atoms with van der Waals surface area (Å²) in [5, 5.41) is 9.74. The minimum Gasteiger partial charge on any atom is -0.478 e. The van der Waals surface area contributed by atoms with Crippen LogP contribution >= 0.6 is 0 Å². The summed E-state index contributed by atoms with van der Waals surface area (Å²) in [6, 6.07) is 9.08. The highest BCUT2D eigenvalue weighted by atomic mass is 16.5. The molecule has 2 saturated carbocycles. The summed E-state index contributed by atoms with van der Waals surface area (Å²) in [5.41, 5.74) is -0.939. The molecule has 0 bridgehead atoms. The van der Waals surface area contributed by atoms with Crippen LogP contribution in [0, 0.1) is 11.3 Å². The Hall–Kier alpha value is -2.04. The van der Waals surface area contributed by atoms with Crippen LogP contribution in [-0.2, 0) is 9.59 Å². The van der Waals surface area contributed by atoms with Gasteiger partial charge in [0.2, 0.25) is 11.5 Å². The number of likely N-dealkylation sites (tertiary alicyclic amines) is 1. The number of hydrogen-bond acceptors (Lipinski definition) is 3. The number of amides is 1. The second-order valence-electron chi connectivity index (χ2n) is 7.87. The largest absolute Gasteiger partial charge is 0.478 e. The Labute approximate surface area is 148 Å². The fourth-order valence-corrected chi connectivity index (χ4v) is 4.71. The molecule has 1 aliphatic heterocycles. The summed E-state index contributed by atoms with van der Waals surface area (Å²) >= 11 is 0. The second-order valence-corrected chi connectivity index (χ2v) is 7.87. The molecule has 4 rings (SSSR count). The third kappa shape index (κ3) is 2.90. The second kappa shape index (κ2) is 6.04. The highest BCUT2D eigenvalue weighted by molar-refractivity contribution is 5.84. The van der Waals surface area contributed by atoms with Gasteiger partial charge in [-0.1, -0.05) is 31.0 Å². The lowest BCUT2D eigenvalue weighted by Crippen LogP contribution is -2.54. The Morgan fingerprint density at radius 1 is 1.04 bits per heavy atom. The molecule has 1 amide bonds. The molecule has 1 spiro atoms. The molecule has 3 aliphatic rings. The van der Waals surface area contributed by atoms with Gasteiger partial charge in [0.25, 0.3) is 0 Å². The zero-order valence-electron chi connectivity index (χ0n) is 14.4. The summed E-state index contributed by atoms with van der Waals surface area (Å²) < 4.78 is 5.86. The van der Waals surface area contributed by atoms with Crippen molar-refractivity contribution in [3.05, 3.63) is 30.3 Å². The number of piperidine rings is 1. The van der Waals surface area contributed by atoms with Crippen molar-refractivity contribution in [3.63, 3.8) is 0 Å². The summed E-state index contributed by atoms with van der Waals surface area (Å²) in [6.07, 6.45) is 6.58.